The standard InChI is InChI=1S/C16H14FN5O2/c17-11-7-10(8-18-9-11)12-3-1-5-21(12)15-13(16(23)24)14-19-4-2-6-22(14)20-15/h2,4,6-9,12H,1,3,5H2,(H,23,24). The third-order valence-corrected chi connectivity index (χ3v) is 4.23. The van der Waals surface area contributed by atoms with Crippen LogP contribution in [0.2, 0.25) is 0 Å². The lowest BCUT2D eigenvalue weighted by atomic mass is 10.1. The van der Waals surface area contributed by atoms with Crippen LogP contribution in [0, 0.1) is 5.82 Å². The van der Waals surface area contributed by atoms with E-state index in [9.17, 15) is 14.3 Å². The van der Waals surface area contributed by atoms with Gasteiger partial charge in [0.25, 0.3) is 0 Å². The highest BCUT2D eigenvalue weighted by Gasteiger charge is 2.33. The Hall–Kier alpha value is -3.03. The van der Waals surface area contributed by atoms with Gasteiger partial charge in [-0.05, 0) is 30.5 Å². The first kappa shape index (κ1) is 14.6. The van der Waals surface area contributed by atoms with Crippen molar-refractivity contribution in [2.75, 3.05) is 11.4 Å². The summed E-state index contributed by atoms with van der Waals surface area (Å²) in [5.41, 5.74) is 1.07. The molecule has 1 atom stereocenters. The normalized spacial score (nSPS) is 17.5. The number of carboxylic acid groups (broad SMARTS) is 1. The highest BCUT2D eigenvalue weighted by atomic mass is 19.1. The second kappa shape index (κ2) is 5.55. The number of pyridine rings is 1. The van der Waals surface area contributed by atoms with Crippen LogP contribution in [0.4, 0.5) is 10.2 Å². The summed E-state index contributed by atoms with van der Waals surface area (Å²) in [7, 11) is 0. The van der Waals surface area contributed by atoms with Crippen molar-refractivity contribution in [3.8, 4) is 0 Å². The number of rotatable bonds is 3. The lowest BCUT2D eigenvalue weighted by Crippen LogP contribution is -2.25. The summed E-state index contributed by atoms with van der Waals surface area (Å²) < 4.78 is 15.0. The van der Waals surface area contributed by atoms with Gasteiger partial charge >= 0.3 is 5.97 Å². The third-order valence-electron chi connectivity index (χ3n) is 4.23. The lowest BCUT2D eigenvalue weighted by Gasteiger charge is -2.25. The maximum atomic E-state index is 13.5. The largest absolute Gasteiger partial charge is 0.477 e. The molecular weight excluding hydrogens is 313 g/mol. The number of anilines is 1. The van der Waals surface area contributed by atoms with Crippen LogP contribution < -0.4 is 4.90 Å². The molecule has 0 saturated carbocycles. The Kier molecular flexibility index (Phi) is 3.37. The molecule has 1 aliphatic heterocycles. The summed E-state index contributed by atoms with van der Waals surface area (Å²) in [6.07, 6.45) is 7.60. The van der Waals surface area contributed by atoms with Gasteiger partial charge in [-0.1, -0.05) is 0 Å². The van der Waals surface area contributed by atoms with Crippen molar-refractivity contribution in [3.05, 3.63) is 53.9 Å². The molecule has 1 aliphatic rings. The van der Waals surface area contributed by atoms with E-state index >= 15 is 0 Å². The maximum absolute atomic E-state index is 13.5. The van der Waals surface area contributed by atoms with E-state index in [0.29, 0.717) is 23.6 Å². The molecule has 0 amide bonds. The van der Waals surface area contributed by atoms with Gasteiger partial charge in [0, 0.05) is 25.1 Å². The second-order valence-corrected chi connectivity index (χ2v) is 5.68. The molecule has 1 unspecified atom stereocenters. The fourth-order valence-electron chi connectivity index (χ4n) is 3.24. The number of halogens is 1. The fourth-order valence-corrected chi connectivity index (χ4v) is 3.24. The molecule has 3 aromatic heterocycles. The number of hydrogen-bond acceptors (Lipinski definition) is 5. The average molecular weight is 327 g/mol. The van der Waals surface area contributed by atoms with Crippen molar-refractivity contribution in [1.82, 2.24) is 19.6 Å². The first-order valence-corrected chi connectivity index (χ1v) is 7.59. The van der Waals surface area contributed by atoms with Crippen LogP contribution in [-0.2, 0) is 0 Å². The van der Waals surface area contributed by atoms with E-state index in [4.69, 9.17) is 0 Å². The molecule has 0 bridgehead atoms. The summed E-state index contributed by atoms with van der Waals surface area (Å²) in [6.45, 7) is 0.644. The number of carbonyl (C=O) groups is 1. The Bertz CT molecular complexity index is 926. The molecule has 0 aliphatic carbocycles. The first-order valence-electron chi connectivity index (χ1n) is 7.59. The molecule has 1 fully saturated rings. The smallest absolute Gasteiger partial charge is 0.343 e. The molecule has 0 radical (unpaired) electrons. The average Bonchev–Trinajstić information content (AvgIpc) is 3.19. The van der Waals surface area contributed by atoms with Gasteiger partial charge < -0.3 is 10.0 Å². The van der Waals surface area contributed by atoms with Crippen molar-refractivity contribution in [2.45, 2.75) is 18.9 Å². The molecule has 1 N–H and O–H groups in total. The van der Waals surface area contributed by atoms with Crippen LogP contribution in [0.25, 0.3) is 5.65 Å². The summed E-state index contributed by atoms with van der Waals surface area (Å²) in [4.78, 5) is 21.7. The van der Waals surface area contributed by atoms with Crippen LogP contribution in [0.5, 0.6) is 0 Å². The van der Waals surface area contributed by atoms with E-state index in [0.717, 1.165) is 19.0 Å². The summed E-state index contributed by atoms with van der Waals surface area (Å²) in [5, 5.41) is 14.0. The Labute approximate surface area is 136 Å². The van der Waals surface area contributed by atoms with Gasteiger partial charge in [-0.15, -0.1) is 5.10 Å². The van der Waals surface area contributed by atoms with Crippen molar-refractivity contribution < 1.29 is 14.3 Å². The molecule has 4 rings (SSSR count). The molecule has 122 valence electrons. The number of aromatic nitrogens is 4. The predicted molar refractivity (Wildman–Crippen MR) is 83.5 cm³/mol. The Morgan fingerprint density at radius 1 is 1.38 bits per heavy atom. The summed E-state index contributed by atoms with van der Waals surface area (Å²) >= 11 is 0. The Balaban J connectivity index is 1.84. The SMILES string of the molecule is O=C(O)c1c(N2CCCC2c2cncc(F)c2)nn2cccnc12. The van der Waals surface area contributed by atoms with Crippen LogP contribution in [0.3, 0.4) is 0 Å². The molecular formula is C16H14FN5O2. The van der Waals surface area contributed by atoms with Gasteiger partial charge in [0.1, 0.15) is 11.4 Å². The number of nitrogens with zero attached hydrogens (tertiary/aromatic N) is 5. The number of aromatic carboxylic acids is 1. The van der Waals surface area contributed by atoms with E-state index in [2.05, 4.69) is 15.1 Å². The zero-order chi connectivity index (χ0) is 16.7. The van der Waals surface area contributed by atoms with Crippen LogP contribution in [-0.4, -0.2) is 37.2 Å². The first-order chi connectivity index (χ1) is 11.6. The molecule has 1 saturated heterocycles. The predicted octanol–water partition coefficient (Wildman–Crippen LogP) is 2.30. The van der Waals surface area contributed by atoms with Gasteiger partial charge in [-0.2, -0.15) is 0 Å². The maximum Gasteiger partial charge on any atom is 0.343 e. The topological polar surface area (TPSA) is 83.6 Å². The minimum absolute atomic E-state index is 0.0619. The van der Waals surface area contributed by atoms with Crippen LogP contribution >= 0.6 is 0 Å². The second-order valence-electron chi connectivity index (χ2n) is 5.68. The summed E-state index contributed by atoms with van der Waals surface area (Å²) in [5.74, 6) is -1.14. The van der Waals surface area contributed by atoms with E-state index in [-0.39, 0.29) is 11.6 Å². The molecule has 3 aromatic rings. The minimum Gasteiger partial charge on any atom is -0.477 e. The van der Waals surface area contributed by atoms with Crippen molar-refractivity contribution >= 4 is 17.4 Å². The van der Waals surface area contributed by atoms with E-state index in [1.54, 1.807) is 18.5 Å². The molecule has 8 heteroatoms. The number of carboxylic acids is 1. The van der Waals surface area contributed by atoms with E-state index in [1.807, 2.05) is 4.90 Å². The zero-order valence-corrected chi connectivity index (χ0v) is 12.6. The van der Waals surface area contributed by atoms with Crippen molar-refractivity contribution in [1.29, 1.82) is 0 Å². The quantitative estimate of drug-likeness (QED) is 0.795. The minimum atomic E-state index is -1.08. The van der Waals surface area contributed by atoms with Crippen LogP contribution in [0.1, 0.15) is 34.8 Å². The van der Waals surface area contributed by atoms with Crippen LogP contribution in [0.15, 0.2) is 36.9 Å². The van der Waals surface area contributed by atoms with Gasteiger partial charge in [-0.3, -0.25) is 4.98 Å². The lowest BCUT2D eigenvalue weighted by molar-refractivity contribution is 0.0699. The molecule has 4 heterocycles. The molecule has 24 heavy (non-hydrogen) atoms. The molecule has 0 aromatic carbocycles. The highest BCUT2D eigenvalue weighted by molar-refractivity contribution is 6.00. The Morgan fingerprint density at radius 2 is 2.25 bits per heavy atom. The van der Waals surface area contributed by atoms with Crippen molar-refractivity contribution in [3.63, 3.8) is 0 Å². The van der Waals surface area contributed by atoms with Gasteiger partial charge in [0.15, 0.2) is 11.5 Å². The number of fused-ring (bicyclic) bond motifs is 1. The van der Waals surface area contributed by atoms with Gasteiger partial charge in [-0.25, -0.2) is 18.7 Å². The van der Waals surface area contributed by atoms with Gasteiger partial charge in [0.2, 0.25) is 0 Å². The fraction of sp³-hybridized carbons (Fsp3) is 0.250. The highest BCUT2D eigenvalue weighted by Crippen LogP contribution is 2.37. The third kappa shape index (κ3) is 2.27. The monoisotopic (exact) mass is 327 g/mol. The molecule has 0 spiro atoms. The Morgan fingerprint density at radius 3 is 3.04 bits per heavy atom. The van der Waals surface area contributed by atoms with E-state index < -0.39 is 11.8 Å². The van der Waals surface area contributed by atoms with Crippen molar-refractivity contribution in [2.24, 2.45) is 0 Å². The zero-order valence-electron chi connectivity index (χ0n) is 12.6. The van der Waals surface area contributed by atoms with E-state index in [1.165, 1.54) is 16.8 Å². The number of hydrogen-bond donors (Lipinski definition) is 1. The molecule has 7 nitrogen and oxygen atoms in total. The van der Waals surface area contributed by atoms with Gasteiger partial charge in [0.05, 0.1) is 12.2 Å². The summed E-state index contributed by atoms with van der Waals surface area (Å²) in [6, 6.07) is 2.97.